The van der Waals surface area contributed by atoms with E-state index in [1.54, 1.807) is 0 Å². The van der Waals surface area contributed by atoms with Crippen LogP contribution in [0.2, 0.25) is 0 Å². The molecule has 6 heteroatoms. The van der Waals surface area contributed by atoms with Gasteiger partial charge in [-0.2, -0.15) is 0 Å². The van der Waals surface area contributed by atoms with Crippen LogP contribution in [-0.4, -0.2) is 29.7 Å². The molecule has 0 bridgehead atoms. The normalized spacial score (nSPS) is 17.6. The van der Waals surface area contributed by atoms with Gasteiger partial charge in [0, 0.05) is 11.1 Å². The van der Waals surface area contributed by atoms with Crippen LogP contribution in [0.15, 0.2) is 4.52 Å². The number of piperidine rings is 1. The lowest BCUT2D eigenvalue weighted by atomic mass is 9.90. The van der Waals surface area contributed by atoms with Gasteiger partial charge in [-0.15, -0.1) is 12.4 Å². The van der Waals surface area contributed by atoms with Crippen molar-refractivity contribution in [2.75, 3.05) is 13.1 Å². The molecule has 1 saturated heterocycles. The van der Waals surface area contributed by atoms with Crippen LogP contribution in [0.5, 0.6) is 0 Å². The topological polar surface area (TPSA) is 67.2 Å². The number of amides is 1. The lowest BCUT2D eigenvalue weighted by Crippen LogP contribution is -2.52. The lowest BCUT2D eigenvalue weighted by Gasteiger charge is -2.35. The van der Waals surface area contributed by atoms with E-state index in [0.29, 0.717) is 6.42 Å². The number of halogens is 1. The Morgan fingerprint density at radius 2 is 2.05 bits per heavy atom. The first-order valence-corrected chi connectivity index (χ1v) is 6.44. The summed E-state index contributed by atoms with van der Waals surface area (Å²) in [7, 11) is 0. The van der Waals surface area contributed by atoms with Gasteiger partial charge in [0.05, 0.1) is 12.1 Å². The van der Waals surface area contributed by atoms with Gasteiger partial charge in [0.1, 0.15) is 5.76 Å². The monoisotopic (exact) mass is 287 g/mol. The summed E-state index contributed by atoms with van der Waals surface area (Å²) in [5, 5.41) is 10.3. The van der Waals surface area contributed by atoms with Crippen molar-refractivity contribution in [3.05, 3.63) is 17.0 Å². The van der Waals surface area contributed by atoms with E-state index in [2.05, 4.69) is 22.7 Å². The van der Waals surface area contributed by atoms with Crippen molar-refractivity contribution in [2.45, 2.75) is 45.6 Å². The molecule has 1 fully saturated rings. The van der Waals surface area contributed by atoms with Crippen LogP contribution in [0.3, 0.4) is 0 Å². The molecule has 108 valence electrons. The van der Waals surface area contributed by atoms with Crippen molar-refractivity contribution >= 4 is 18.3 Å². The minimum atomic E-state index is -0.0820. The maximum atomic E-state index is 12.1. The Morgan fingerprint density at radius 1 is 1.42 bits per heavy atom. The number of carbonyl (C=O) groups excluding carboxylic acids is 1. The van der Waals surface area contributed by atoms with E-state index in [1.165, 1.54) is 0 Å². The summed E-state index contributed by atoms with van der Waals surface area (Å²) in [5.41, 5.74) is 1.63. The van der Waals surface area contributed by atoms with Crippen LogP contribution in [-0.2, 0) is 11.2 Å². The summed E-state index contributed by atoms with van der Waals surface area (Å²) in [6.07, 6.45) is 2.30. The molecule has 1 aromatic heterocycles. The highest BCUT2D eigenvalue weighted by Crippen LogP contribution is 2.18. The van der Waals surface area contributed by atoms with Crippen molar-refractivity contribution in [1.29, 1.82) is 0 Å². The Morgan fingerprint density at radius 3 is 2.58 bits per heavy atom. The van der Waals surface area contributed by atoms with E-state index in [9.17, 15) is 4.79 Å². The second-order valence-electron chi connectivity index (χ2n) is 5.34. The van der Waals surface area contributed by atoms with Crippen LogP contribution in [0, 0.1) is 13.8 Å². The molecule has 1 aromatic rings. The Kier molecular flexibility index (Phi) is 5.38. The predicted molar refractivity (Wildman–Crippen MR) is 75.6 cm³/mol. The molecule has 2 heterocycles. The van der Waals surface area contributed by atoms with E-state index in [0.717, 1.165) is 42.9 Å². The molecule has 1 aliphatic rings. The second-order valence-corrected chi connectivity index (χ2v) is 5.34. The summed E-state index contributed by atoms with van der Waals surface area (Å²) in [6.45, 7) is 7.74. The van der Waals surface area contributed by atoms with E-state index >= 15 is 0 Å². The van der Waals surface area contributed by atoms with Crippen LogP contribution in [0.1, 0.15) is 36.8 Å². The van der Waals surface area contributed by atoms with E-state index < -0.39 is 0 Å². The van der Waals surface area contributed by atoms with Crippen LogP contribution in [0.4, 0.5) is 0 Å². The fourth-order valence-electron chi connectivity index (χ4n) is 2.40. The van der Waals surface area contributed by atoms with Crippen LogP contribution < -0.4 is 10.6 Å². The number of hydrogen-bond donors (Lipinski definition) is 2. The quantitative estimate of drug-likeness (QED) is 0.884. The maximum Gasteiger partial charge on any atom is 0.225 e. The Labute approximate surface area is 119 Å². The van der Waals surface area contributed by atoms with Crippen molar-refractivity contribution in [1.82, 2.24) is 15.8 Å². The van der Waals surface area contributed by atoms with Gasteiger partial charge in [0.15, 0.2) is 0 Å². The van der Waals surface area contributed by atoms with Gasteiger partial charge in [-0.05, 0) is 46.7 Å². The fourth-order valence-corrected chi connectivity index (χ4v) is 2.40. The lowest BCUT2D eigenvalue weighted by molar-refractivity contribution is -0.122. The van der Waals surface area contributed by atoms with Gasteiger partial charge >= 0.3 is 0 Å². The van der Waals surface area contributed by atoms with Gasteiger partial charge in [0.2, 0.25) is 5.91 Å². The molecule has 1 aliphatic heterocycles. The molecule has 2 N–H and O–H groups in total. The smallest absolute Gasteiger partial charge is 0.225 e. The SMILES string of the molecule is Cc1noc(C)c1CC(=O)NC1(C)CCNCC1.Cl. The Balaban J connectivity index is 0.00000180. The molecule has 19 heavy (non-hydrogen) atoms. The molecular formula is C13H22ClN3O2. The number of aromatic nitrogens is 1. The predicted octanol–water partition coefficient (Wildman–Crippen LogP) is 1.51. The summed E-state index contributed by atoms with van der Waals surface area (Å²) in [5.74, 6) is 0.784. The zero-order valence-corrected chi connectivity index (χ0v) is 12.5. The first kappa shape index (κ1) is 16.0. The highest BCUT2D eigenvalue weighted by molar-refractivity contribution is 5.85. The fraction of sp³-hybridized carbons (Fsp3) is 0.692. The molecule has 0 aliphatic carbocycles. The molecule has 5 nitrogen and oxygen atoms in total. The van der Waals surface area contributed by atoms with Gasteiger partial charge in [-0.3, -0.25) is 4.79 Å². The highest BCUT2D eigenvalue weighted by atomic mass is 35.5. The number of aryl methyl sites for hydroxylation is 2. The first-order chi connectivity index (χ1) is 8.50. The zero-order valence-electron chi connectivity index (χ0n) is 11.7. The van der Waals surface area contributed by atoms with Gasteiger partial charge < -0.3 is 15.2 Å². The summed E-state index contributed by atoms with van der Waals surface area (Å²) >= 11 is 0. The first-order valence-electron chi connectivity index (χ1n) is 6.44. The van der Waals surface area contributed by atoms with Gasteiger partial charge in [-0.1, -0.05) is 5.16 Å². The second kappa shape index (κ2) is 6.39. The van der Waals surface area contributed by atoms with Crippen molar-refractivity contribution in [2.24, 2.45) is 0 Å². The summed E-state index contributed by atoms with van der Waals surface area (Å²) in [6, 6.07) is 0. The largest absolute Gasteiger partial charge is 0.361 e. The average Bonchev–Trinajstić information content (AvgIpc) is 2.61. The summed E-state index contributed by atoms with van der Waals surface area (Å²) in [4.78, 5) is 12.1. The Bertz CT molecular complexity index is 420. The molecule has 0 radical (unpaired) electrons. The van der Waals surface area contributed by atoms with Crippen LogP contribution in [0.25, 0.3) is 0 Å². The standard InChI is InChI=1S/C13H21N3O2.ClH/c1-9-11(10(2)18-16-9)8-12(17)15-13(3)4-6-14-7-5-13;/h14H,4-8H2,1-3H3,(H,15,17);1H. The van der Waals surface area contributed by atoms with Gasteiger partial charge in [-0.25, -0.2) is 0 Å². The molecule has 2 rings (SSSR count). The van der Waals surface area contributed by atoms with Crippen molar-refractivity contribution < 1.29 is 9.32 Å². The third-order valence-corrected chi connectivity index (χ3v) is 3.67. The molecule has 0 unspecified atom stereocenters. The number of nitrogens with zero attached hydrogens (tertiary/aromatic N) is 1. The number of carbonyl (C=O) groups is 1. The molecule has 0 saturated carbocycles. The molecule has 0 atom stereocenters. The molecular weight excluding hydrogens is 266 g/mol. The Hall–Kier alpha value is -1.07. The van der Waals surface area contributed by atoms with Crippen molar-refractivity contribution in [3.63, 3.8) is 0 Å². The highest BCUT2D eigenvalue weighted by Gasteiger charge is 2.28. The third-order valence-electron chi connectivity index (χ3n) is 3.67. The number of hydrogen-bond acceptors (Lipinski definition) is 4. The third kappa shape index (κ3) is 3.94. The van der Waals surface area contributed by atoms with Gasteiger partial charge in [0.25, 0.3) is 0 Å². The molecule has 0 spiro atoms. The minimum Gasteiger partial charge on any atom is -0.361 e. The van der Waals surface area contributed by atoms with Crippen LogP contribution >= 0.6 is 12.4 Å². The minimum absolute atomic E-state index is 0. The maximum absolute atomic E-state index is 12.1. The molecule has 0 aromatic carbocycles. The van der Waals surface area contributed by atoms with E-state index in [-0.39, 0.29) is 23.9 Å². The van der Waals surface area contributed by atoms with E-state index in [4.69, 9.17) is 4.52 Å². The zero-order chi connectivity index (χ0) is 13.2. The van der Waals surface area contributed by atoms with Crippen molar-refractivity contribution in [3.8, 4) is 0 Å². The number of rotatable bonds is 3. The average molecular weight is 288 g/mol. The van der Waals surface area contributed by atoms with E-state index in [1.807, 2.05) is 13.8 Å². The molecule has 1 amide bonds. The summed E-state index contributed by atoms with van der Waals surface area (Å²) < 4.78 is 5.07. The number of nitrogens with one attached hydrogen (secondary N) is 2.